The molecule has 164 valence electrons. The maximum Gasteiger partial charge on any atom is 0.390 e. The Hall–Kier alpha value is -2.63. The summed E-state index contributed by atoms with van der Waals surface area (Å²) >= 11 is 0. The molecule has 0 radical (unpaired) electrons. The van der Waals surface area contributed by atoms with Crippen LogP contribution in [0.1, 0.15) is 30.0 Å². The van der Waals surface area contributed by atoms with Crippen molar-refractivity contribution >= 4 is 15.6 Å². The number of benzene rings is 2. The van der Waals surface area contributed by atoms with Gasteiger partial charge in [0, 0.05) is 18.5 Å². The van der Waals surface area contributed by atoms with Gasteiger partial charge in [0.15, 0.2) is 0 Å². The first kappa shape index (κ1) is 23.0. The van der Waals surface area contributed by atoms with Gasteiger partial charge in [0.05, 0.1) is 23.0 Å². The van der Waals surface area contributed by atoms with Gasteiger partial charge in [-0.25, -0.2) is 8.42 Å². The second-order valence-electron chi connectivity index (χ2n) is 8.22. The van der Waals surface area contributed by atoms with Crippen molar-refractivity contribution in [3.05, 3.63) is 70.8 Å². The highest BCUT2D eigenvalue weighted by Crippen LogP contribution is 2.48. The molecule has 0 saturated carbocycles. The van der Waals surface area contributed by atoms with E-state index >= 15 is 0 Å². The highest BCUT2D eigenvalue weighted by atomic mass is 32.2. The lowest BCUT2D eigenvalue weighted by Gasteiger charge is -2.28. The molecule has 0 spiro atoms. The van der Waals surface area contributed by atoms with Gasteiger partial charge in [-0.3, -0.25) is 0 Å². The summed E-state index contributed by atoms with van der Waals surface area (Å²) in [4.78, 5) is 0.0168. The summed E-state index contributed by atoms with van der Waals surface area (Å²) in [6, 6.07) is 15.1. The van der Waals surface area contributed by atoms with Crippen LogP contribution in [0.5, 0.6) is 0 Å². The number of aryl methyl sites for hydroxylation is 2. The van der Waals surface area contributed by atoms with Crippen LogP contribution in [0.15, 0.2) is 59.0 Å². The van der Waals surface area contributed by atoms with E-state index in [9.17, 15) is 26.9 Å². The molecule has 0 amide bonds. The molecule has 2 aromatic carbocycles. The number of nitrogens with zero attached hydrogens (tertiary/aromatic N) is 2. The second kappa shape index (κ2) is 8.13. The number of rotatable bonds is 4. The molecule has 0 aliphatic carbocycles. The standard InChI is InChI=1S/C23H23F3N2O2S/c1-16-8-10-18(11-9-16)31(29,30)28-13-21(22(3,15-28)14-23(24,25)26)20(12-27)19-7-5-4-6-17(19)2/h4-11H,13-15H2,1-3H3/b21-20+. The zero-order chi connectivity index (χ0) is 23.0. The fourth-order valence-corrected chi connectivity index (χ4v) is 5.60. The highest BCUT2D eigenvalue weighted by Gasteiger charge is 2.50. The van der Waals surface area contributed by atoms with E-state index in [-0.39, 0.29) is 29.1 Å². The number of halogens is 3. The van der Waals surface area contributed by atoms with Gasteiger partial charge in [-0.05, 0) is 42.7 Å². The summed E-state index contributed by atoms with van der Waals surface area (Å²) in [5.74, 6) is 0. The van der Waals surface area contributed by atoms with Gasteiger partial charge in [-0.15, -0.1) is 0 Å². The predicted octanol–water partition coefficient (Wildman–Crippen LogP) is 5.24. The molecule has 1 atom stereocenters. The van der Waals surface area contributed by atoms with Gasteiger partial charge in [-0.2, -0.15) is 22.7 Å². The minimum atomic E-state index is -4.52. The van der Waals surface area contributed by atoms with Crippen molar-refractivity contribution in [3.63, 3.8) is 0 Å². The molecule has 0 N–H and O–H groups in total. The Bertz CT molecular complexity index is 1160. The van der Waals surface area contributed by atoms with Crippen molar-refractivity contribution in [1.29, 1.82) is 5.26 Å². The molecule has 1 saturated heterocycles. The first-order valence-corrected chi connectivity index (χ1v) is 11.1. The van der Waals surface area contributed by atoms with Gasteiger partial charge in [0.25, 0.3) is 0 Å². The number of hydrogen-bond acceptors (Lipinski definition) is 3. The van der Waals surface area contributed by atoms with Crippen LogP contribution in [-0.2, 0) is 10.0 Å². The molecule has 0 aromatic heterocycles. The van der Waals surface area contributed by atoms with Gasteiger partial charge in [0.1, 0.15) is 0 Å². The number of nitriles is 1. The number of alkyl halides is 3. The van der Waals surface area contributed by atoms with E-state index in [4.69, 9.17) is 0 Å². The van der Waals surface area contributed by atoms with E-state index in [2.05, 4.69) is 6.07 Å². The Balaban J connectivity index is 2.16. The van der Waals surface area contributed by atoms with Crippen molar-refractivity contribution in [2.75, 3.05) is 13.1 Å². The molecule has 3 rings (SSSR count). The lowest BCUT2D eigenvalue weighted by molar-refractivity contribution is -0.150. The van der Waals surface area contributed by atoms with E-state index in [0.717, 1.165) is 15.4 Å². The Morgan fingerprint density at radius 1 is 1.13 bits per heavy atom. The molecule has 4 nitrogen and oxygen atoms in total. The summed E-state index contributed by atoms with van der Waals surface area (Å²) in [7, 11) is -4.03. The summed E-state index contributed by atoms with van der Waals surface area (Å²) < 4.78 is 67.9. The number of sulfonamides is 1. The molecule has 1 aliphatic rings. The van der Waals surface area contributed by atoms with Crippen LogP contribution in [0.2, 0.25) is 0 Å². The first-order chi connectivity index (χ1) is 14.4. The van der Waals surface area contributed by atoms with E-state index < -0.39 is 28.0 Å². The van der Waals surface area contributed by atoms with Gasteiger partial charge >= 0.3 is 6.18 Å². The van der Waals surface area contributed by atoms with Crippen LogP contribution in [0.4, 0.5) is 13.2 Å². The van der Waals surface area contributed by atoms with Crippen LogP contribution in [0.3, 0.4) is 0 Å². The molecular formula is C23H23F3N2O2S. The van der Waals surface area contributed by atoms with Crippen molar-refractivity contribution in [2.24, 2.45) is 5.41 Å². The van der Waals surface area contributed by atoms with E-state index in [0.29, 0.717) is 5.56 Å². The summed E-state index contributed by atoms with van der Waals surface area (Å²) in [6.07, 6.45) is -5.73. The SMILES string of the molecule is Cc1ccc(S(=O)(=O)N2C/C(=C(/C#N)c3ccccc3C)C(C)(CC(F)(F)F)C2)cc1. The van der Waals surface area contributed by atoms with Crippen LogP contribution in [-0.4, -0.2) is 32.0 Å². The molecule has 31 heavy (non-hydrogen) atoms. The Labute approximate surface area is 180 Å². The monoisotopic (exact) mass is 448 g/mol. The Morgan fingerprint density at radius 2 is 1.74 bits per heavy atom. The molecule has 8 heteroatoms. The van der Waals surface area contributed by atoms with E-state index in [1.54, 1.807) is 43.3 Å². The minimum absolute atomic E-state index is 0.0168. The molecule has 1 aliphatic heterocycles. The molecule has 1 heterocycles. The van der Waals surface area contributed by atoms with Crippen molar-refractivity contribution in [2.45, 2.75) is 38.3 Å². The maximum atomic E-state index is 13.5. The lowest BCUT2D eigenvalue weighted by atomic mass is 9.77. The fraction of sp³-hybridized carbons (Fsp3) is 0.348. The summed E-state index contributed by atoms with van der Waals surface area (Å²) in [5.41, 5.74) is 0.866. The smallest absolute Gasteiger partial charge is 0.207 e. The average molecular weight is 449 g/mol. The van der Waals surface area contributed by atoms with E-state index in [1.807, 2.05) is 6.92 Å². The first-order valence-electron chi connectivity index (χ1n) is 9.71. The van der Waals surface area contributed by atoms with Gasteiger partial charge in [-0.1, -0.05) is 48.9 Å². The third kappa shape index (κ3) is 4.68. The largest absolute Gasteiger partial charge is 0.390 e. The van der Waals surface area contributed by atoms with Crippen LogP contribution in [0.25, 0.3) is 5.57 Å². The normalized spacial score (nSPS) is 21.7. The molecule has 0 bridgehead atoms. The minimum Gasteiger partial charge on any atom is -0.207 e. The Kier molecular flexibility index (Phi) is 6.05. The molecule has 2 aromatic rings. The number of hydrogen-bond donors (Lipinski definition) is 0. The van der Waals surface area contributed by atoms with Crippen molar-refractivity contribution in [3.8, 4) is 6.07 Å². The zero-order valence-electron chi connectivity index (χ0n) is 17.5. The van der Waals surface area contributed by atoms with Crippen LogP contribution >= 0.6 is 0 Å². The van der Waals surface area contributed by atoms with Crippen LogP contribution < -0.4 is 0 Å². The molecule has 1 unspecified atom stereocenters. The zero-order valence-corrected chi connectivity index (χ0v) is 18.3. The number of allylic oxidation sites excluding steroid dienone is 1. The highest BCUT2D eigenvalue weighted by molar-refractivity contribution is 7.89. The second-order valence-corrected chi connectivity index (χ2v) is 10.2. The predicted molar refractivity (Wildman–Crippen MR) is 112 cm³/mol. The summed E-state index contributed by atoms with van der Waals surface area (Å²) in [5, 5.41) is 9.87. The quantitative estimate of drug-likeness (QED) is 0.601. The van der Waals surface area contributed by atoms with Crippen LogP contribution in [0, 0.1) is 30.6 Å². The Morgan fingerprint density at radius 3 is 2.29 bits per heavy atom. The maximum absolute atomic E-state index is 13.5. The fourth-order valence-electron chi connectivity index (χ4n) is 4.07. The van der Waals surface area contributed by atoms with Crippen molar-refractivity contribution < 1.29 is 21.6 Å². The third-order valence-corrected chi connectivity index (χ3v) is 7.47. The lowest BCUT2D eigenvalue weighted by Crippen LogP contribution is -2.33. The third-order valence-electron chi connectivity index (χ3n) is 5.67. The van der Waals surface area contributed by atoms with E-state index in [1.165, 1.54) is 19.1 Å². The topological polar surface area (TPSA) is 61.2 Å². The van der Waals surface area contributed by atoms with Gasteiger partial charge in [0.2, 0.25) is 10.0 Å². The van der Waals surface area contributed by atoms with Crippen molar-refractivity contribution in [1.82, 2.24) is 4.31 Å². The molecule has 1 fully saturated rings. The molecular weight excluding hydrogens is 425 g/mol. The average Bonchev–Trinajstić information content (AvgIpc) is 3.00. The van der Waals surface area contributed by atoms with Gasteiger partial charge < -0.3 is 0 Å². The summed E-state index contributed by atoms with van der Waals surface area (Å²) in [6.45, 7) is 4.35.